The van der Waals surface area contributed by atoms with Crippen molar-refractivity contribution in [2.45, 2.75) is 32.1 Å². The van der Waals surface area contributed by atoms with Crippen LogP contribution in [0.5, 0.6) is 17.4 Å². The summed E-state index contributed by atoms with van der Waals surface area (Å²) in [6, 6.07) is 17.1. The van der Waals surface area contributed by atoms with Gasteiger partial charge < -0.3 is 19.9 Å². The van der Waals surface area contributed by atoms with E-state index >= 15 is 0 Å². The molecule has 3 aromatic rings. The number of methoxy groups -OCH3 is 1. The second kappa shape index (κ2) is 8.56. The lowest BCUT2D eigenvalue weighted by Crippen LogP contribution is -2.27. The number of benzene rings is 2. The molecule has 1 aromatic heterocycles. The predicted molar refractivity (Wildman–Crippen MR) is 126 cm³/mol. The fourth-order valence-electron chi connectivity index (χ4n) is 4.51. The van der Waals surface area contributed by atoms with Crippen molar-refractivity contribution in [3.8, 4) is 23.4 Å². The number of rotatable bonds is 4. The van der Waals surface area contributed by atoms with E-state index in [1.807, 2.05) is 31.2 Å². The van der Waals surface area contributed by atoms with Gasteiger partial charge >= 0.3 is 0 Å². The van der Waals surface area contributed by atoms with Gasteiger partial charge in [0, 0.05) is 29.4 Å². The number of nitrogens with zero attached hydrogens (tertiary/aromatic N) is 2. The van der Waals surface area contributed by atoms with Crippen LogP contribution in [0.4, 0.5) is 0 Å². The van der Waals surface area contributed by atoms with Gasteiger partial charge in [0.25, 0.3) is 0 Å². The Morgan fingerprint density at radius 2 is 1.88 bits per heavy atom. The summed E-state index contributed by atoms with van der Waals surface area (Å²) < 4.78 is 17.2. The van der Waals surface area contributed by atoms with E-state index in [9.17, 15) is 10.1 Å². The number of carbonyl (C=O) groups is 1. The third-order valence-corrected chi connectivity index (χ3v) is 6.15. The number of nitrogens with two attached hydrogens (primary N) is 1. The third kappa shape index (κ3) is 3.73. The van der Waals surface area contributed by atoms with Crippen molar-refractivity contribution < 1.29 is 19.0 Å². The van der Waals surface area contributed by atoms with Gasteiger partial charge in [-0.2, -0.15) is 5.26 Å². The first-order valence-corrected chi connectivity index (χ1v) is 11.1. The molecule has 0 spiro atoms. The molecular weight excluding hydrogens is 430 g/mol. The molecule has 1 aliphatic carbocycles. The summed E-state index contributed by atoms with van der Waals surface area (Å²) in [6.07, 6.45) is 1.67. The molecule has 7 nitrogen and oxygen atoms in total. The lowest BCUT2D eigenvalue weighted by atomic mass is 9.77. The Labute approximate surface area is 197 Å². The van der Waals surface area contributed by atoms with E-state index in [4.69, 9.17) is 24.9 Å². The molecule has 170 valence electrons. The zero-order valence-corrected chi connectivity index (χ0v) is 18.9. The first-order valence-electron chi connectivity index (χ1n) is 11.1. The van der Waals surface area contributed by atoms with Crippen LogP contribution in [0.15, 0.2) is 71.3 Å². The third-order valence-electron chi connectivity index (χ3n) is 6.15. The highest BCUT2D eigenvalue weighted by Crippen LogP contribution is 2.46. The molecule has 34 heavy (non-hydrogen) atoms. The lowest BCUT2D eigenvalue weighted by molar-refractivity contribution is -0.116. The largest absolute Gasteiger partial charge is 0.497 e. The van der Waals surface area contributed by atoms with Gasteiger partial charge in [0.1, 0.15) is 28.9 Å². The first kappa shape index (κ1) is 21.5. The minimum atomic E-state index is -0.716. The van der Waals surface area contributed by atoms with E-state index in [0.717, 1.165) is 16.5 Å². The second-order valence-electron chi connectivity index (χ2n) is 8.39. The van der Waals surface area contributed by atoms with Crippen molar-refractivity contribution in [1.29, 1.82) is 5.26 Å². The number of carbonyl (C=O) groups excluding carboxylic acids is 1. The summed E-state index contributed by atoms with van der Waals surface area (Å²) in [5.41, 5.74) is 9.21. The molecular formula is C27H23N3O4. The van der Waals surface area contributed by atoms with Crippen molar-refractivity contribution in [3.05, 3.63) is 82.4 Å². The van der Waals surface area contributed by atoms with E-state index in [-0.39, 0.29) is 17.2 Å². The highest BCUT2D eigenvalue weighted by molar-refractivity contribution is 6.00. The standard InChI is InChI=1S/C27H23N3O4/c1-15-6-11-21-16(12-15)13-19(27(30-21)33-18-9-7-17(32-2)8-10-18)24-20(14-28)26(29)34-23-5-3-4-22(31)25(23)24/h6-13,24H,3-5,29H2,1-2H3. The summed E-state index contributed by atoms with van der Waals surface area (Å²) in [7, 11) is 1.60. The smallest absolute Gasteiger partial charge is 0.224 e. The van der Waals surface area contributed by atoms with Crippen molar-refractivity contribution in [2.24, 2.45) is 5.73 Å². The number of fused-ring (bicyclic) bond motifs is 1. The summed E-state index contributed by atoms with van der Waals surface area (Å²) in [4.78, 5) is 17.8. The zero-order chi connectivity index (χ0) is 23.8. The van der Waals surface area contributed by atoms with Crippen LogP contribution < -0.4 is 15.2 Å². The second-order valence-corrected chi connectivity index (χ2v) is 8.39. The Hall–Kier alpha value is -4.31. The zero-order valence-electron chi connectivity index (χ0n) is 18.9. The van der Waals surface area contributed by atoms with E-state index < -0.39 is 5.92 Å². The number of allylic oxidation sites excluding steroid dienone is 3. The maximum Gasteiger partial charge on any atom is 0.224 e. The quantitative estimate of drug-likeness (QED) is 0.581. The average Bonchev–Trinajstić information content (AvgIpc) is 2.83. The number of pyridine rings is 1. The lowest BCUT2D eigenvalue weighted by Gasteiger charge is -2.31. The SMILES string of the molecule is COc1ccc(Oc2nc3ccc(C)cc3cc2C2C(C#N)=C(N)OC3=C2C(=O)CCC3)cc1. The van der Waals surface area contributed by atoms with Gasteiger partial charge in [0.05, 0.1) is 18.5 Å². The molecule has 0 saturated heterocycles. The fourth-order valence-corrected chi connectivity index (χ4v) is 4.51. The molecule has 7 heteroatoms. The number of nitriles is 1. The van der Waals surface area contributed by atoms with Crippen molar-refractivity contribution in [1.82, 2.24) is 4.98 Å². The Morgan fingerprint density at radius 1 is 1.12 bits per heavy atom. The molecule has 2 aliphatic rings. The molecule has 2 aromatic carbocycles. The number of hydrogen-bond acceptors (Lipinski definition) is 7. The topological polar surface area (TPSA) is 107 Å². The number of ketones is 1. The van der Waals surface area contributed by atoms with Crippen LogP contribution >= 0.6 is 0 Å². The van der Waals surface area contributed by atoms with Crippen LogP contribution in [0.3, 0.4) is 0 Å². The Balaban J connectivity index is 1.73. The fraction of sp³-hybridized carbons (Fsp3) is 0.222. The van der Waals surface area contributed by atoms with Gasteiger partial charge in [-0.25, -0.2) is 4.98 Å². The molecule has 2 N–H and O–H groups in total. The molecule has 1 unspecified atom stereocenters. The van der Waals surface area contributed by atoms with E-state index in [0.29, 0.717) is 53.5 Å². The van der Waals surface area contributed by atoms with Gasteiger partial charge in [-0.05, 0) is 55.8 Å². The summed E-state index contributed by atoms with van der Waals surface area (Å²) in [5, 5.41) is 10.9. The molecule has 1 aliphatic heterocycles. The molecule has 2 heterocycles. The van der Waals surface area contributed by atoms with Gasteiger partial charge in [-0.15, -0.1) is 0 Å². The number of Topliss-reactive ketones (excluding diaryl/α,β-unsaturated/α-hetero) is 1. The highest BCUT2D eigenvalue weighted by atomic mass is 16.5. The highest BCUT2D eigenvalue weighted by Gasteiger charge is 2.40. The normalized spacial score (nSPS) is 17.8. The number of hydrogen-bond donors (Lipinski definition) is 1. The minimum absolute atomic E-state index is 0.0145. The van der Waals surface area contributed by atoms with Crippen molar-refractivity contribution in [2.75, 3.05) is 7.11 Å². The van der Waals surface area contributed by atoms with E-state index in [1.54, 1.807) is 31.4 Å². The maximum atomic E-state index is 13.1. The Morgan fingerprint density at radius 3 is 2.62 bits per heavy atom. The summed E-state index contributed by atoms with van der Waals surface area (Å²) >= 11 is 0. The molecule has 0 saturated carbocycles. The van der Waals surface area contributed by atoms with Crippen LogP contribution in [0.2, 0.25) is 0 Å². The monoisotopic (exact) mass is 453 g/mol. The maximum absolute atomic E-state index is 13.1. The van der Waals surface area contributed by atoms with Crippen LogP contribution in [-0.4, -0.2) is 17.9 Å². The Bertz CT molecular complexity index is 1410. The van der Waals surface area contributed by atoms with Gasteiger partial charge in [-0.3, -0.25) is 4.79 Å². The van der Waals surface area contributed by atoms with Gasteiger partial charge in [0.2, 0.25) is 11.8 Å². The summed E-state index contributed by atoms with van der Waals surface area (Å²) in [6.45, 7) is 2.00. The van der Waals surface area contributed by atoms with Crippen LogP contribution in [0.1, 0.15) is 36.3 Å². The van der Waals surface area contributed by atoms with Crippen LogP contribution in [0, 0.1) is 18.3 Å². The van der Waals surface area contributed by atoms with E-state index in [1.165, 1.54) is 0 Å². The summed E-state index contributed by atoms with van der Waals surface area (Å²) in [5.74, 6) is 1.33. The van der Waals surface area contributed by atoms with E-state index in [2.05, 4.69) is 6.07 Å². The number of aromatic nitrogens is 1. The molecule has 1 atom stereocenters. The first-order chi connectivity index (χ1) is 16.5. The van der Waals surface area contributed by atoms with Crippen LogP contribution in [-0.2, 0) is 9.53 Å². The molecule has 0 amide bonds. The Kier molecular flexibility index (Phi) is 5.42. The number of aryl methyl sites for hydroxylation is 1. The molecule has 0 bridgehead atoms. The van der Waals surface area contributed by atoms with Gasteiger partial charge in [0.15, 0.2) is 5.78 Å². The molecule has 0 fully saturated rings. The van der Waals surface area contributed by atoms with Crippen LogP contribution in [0.25, 0.3) is 10.9 Å². The van der Waals surface area contributed by atoms with Crippen molar-refractivity contribution >= 4 is 16.7 Å². The average molecular weight is 453 g/mol. The number of ether oxygens (including phenoxy) is 3. The van der Waals surface area contributed by atoms with Gasteiger partial charge in [-0.1, -0.05) is 11.6 Å². The predicted octanol–water partition coefficient (Wildman–Crippen LogP) is 5.16. The molecule has 5 rings (SSSR count). The minimum Gasteiger partial charge on any atom is -0.497 e. The molecule has 0 radical (unpaired) electrons. The van der Waals surface area contributed by atoms with Crippen molar-refractivity contribution in [3.63, 3.8) is 0 Å².